The molecule has 1 heterocycles. The summed E-state index contributed by atoms with van der Waals surface area (Å²) in [6.07, 6.45) is 2.71. The van der Waals surface area contributed by atoms with Gasteiger partial charge in [0.2, 0.25) is 5.43 Å². The van der Waals surface area contributed by atoms with Gasteiger partial charge in [0.05, 0.1) is 28.3 Å². The van der Waals surface area contributed by atoms with E-state index in [4.69, 9.17) is 11.5 Å². The molecule has 0 bridgehead atoms. The van der Waals surface area contributed by atoms with E-state index in [9.17, 15) is 18.0 Å². The minimum atomic E-state index is -4.53. The Morgan fingerprint density at radius 3 is 2.51 bits per heavy atom. The van der Waals surface area contributed by atoms with Crippen LogP contribution in [0.3, 0.4) is 0 Å². The van der Waals surface area contributed by atoms with Crippen molar-refractivity contribution in [3.05, 3.63) is 106 Å². The first-order valence-electron chi connectivity index (χ1n) is 10.4. The van der Waals surface area contributed by atoms with Crippen LogP contribution in [0.15, 0.2) is 93.6 Å². The Bertz CT molecular complexity index is 1400. The number of aliphatic imine (C=N–C) groups is 2. The smallest absolute Gasteiger partial charge is 0.405 e. The van der Waals surface area contributed by atoms with Gasteiger partial charge in [-0.1, -0.05) is 6.07 Å². The fraction of sp³-hybridized carbons (Fsp3) is 0.120. The van der Waals surface area contributed by atoms with Gasteiger partial charge in [-0.15, -0.1) is 0 Å². The number of hydrogen-bond acceptors (Lipinski definition) is 6. The van der Waals surface area contributed by atoms with Gasteiger partial charge in [-0.3, -0.25) is 9.79 Å². The fourth-order valence-electron chi connectivity index (χ4n) is 3.15. The number of aryl methyl sites for hydroxylation is 1. The van der Waals surface area contributed by atoms with Crippen molar-refractivity contribution in [3.8, 4) is 5.69 Å². The number of benzene rings is 2. The summed E-state index contributed by atoms with van der Waals surface area (Å²) >= 11 is 0. The number of allylic oxidation sites excluding steroid dienone is 2. The van der Waals surface area contributed by atoms with Crippen molar-refractivity contribution in [2.75, 3.05) is 0 Å². The van der Waals surface area contributed by atoms with Crippen molar-refractivity contribution in [2.45, 2.75) is 20.0 Å². The molecule has 0 aliphatic carbocycles. The third-order valence-corrected chi connectivity index (χ3v) is 4.92. The number of alkyl halides is 3. The zero-order valence-corrected chi connectivity index (χ0v) is 19.0. The quantitative estimate of drug-likeness (QED) is 0.497. The minimum Gasteiger partial charge on any atom is -0.405 e. The highest BCUT2D eigenvalue weighted by atomic mass is 19.4. The molecule has 0 radical (unpaired) electrons. The summed E-state index contributed by atoms with van der Waals surface area (Å²) in [6, 6.07) is 11.2. The highest BCUT2D eigenvalue weighted by molar-refractivity contribution is 6.12. The molecule has 0 aliphatic rings. The average Bonchev–Trinajstić information content (AvgIpc) is 2.83. The van der Waals surface area contributed by atoms with Crippen molar-refractivity contribution in [1.29, 1.82) is 0 Å². The first-order chi connectivity index (χ1) is 16.6. The van der Waals surface area contributed by atoms with E-state index in [1.807, 2.05) is 13.0 Å². The monoisotopic (exact) mass is 480 g/mol. The third-order valence-electron chi connectivity index (χ3n) is 4.92. The molecule has 3 aromatic rings. The maximum absolute atomic E-state index is 13.1. The maximum atomic E-state index is 13.1. The second kappa shape index (κ2) is 10.6. The Morgan fingerprint density at radius 1 is 1.09 bits per heavy atom. The van der Waals surface area contributed by atoms with E-state index in [1.165, 1.54) is 41.5 Å². The molecule has 180 valence electrons. The van der Waals surface area contributed by atoms with E-state index < -0.39 is 17.2 Å². The Labute approximate surface area is 199 Å². The topological polar surface area (TPSA) is 112 Å². The Morgan fingerprint density at radius 2 is 1.86 bits per heavy atom. The standard InChI is InChI=1S/C25H23F3N6O/c1-16-13-19(31-11-4-10-29)7-8-21(16)34-12-9-22(35)24(33-34)23(17(2)15-30)32-20-6-3-5-18(14-20)25(26,27)28/h3-15H,29-30H2,1-2H3. The molecule has 0 atom stereocenters. The summed E-state index contributed by atoms with van der Waals surface area (Å²) in [5.74, 6) is 0. The second-order valence-corrected chi connectivity index (χ2v) is 7.47. The minimum absolute atomic E-state index is 0.0116. The van der Waals surface area contributed by atoms with E-state index in [1.54, 1.807) is 31.3 Å². The van der Waals surface area contributed by atoms with Gasteiger partial charge < -0.3 is 11.5 Å². The first kappa shape index (κ1) is 25.2. The molecule has 2 aromatic carbocycles. The Hall–Kier alpha value is -4.47. The normalized spacial score (nSPS) is 13.2. The molecule has 3 rings (SSSR count). The van der Waals surface area contributed by atoms with Gasteiger partial charge in [0.15, 0.2) is 5.69 Å². The van der Waals surface area contributed by atoms with Gasteiger partial charge in [0, 0.05) is 18.5 Å². The SMILES string of the molecule is CC(=CN)C(=Nc1cccc(C(F)(F)F)c1)c1nn(-c2ccc(N=CC=CN)cc2C)ccc1=O. The molecule has 4 N–H and O–H groups in total. The van der Waals surface area contributed by atoms with Crippen molar-refractivity contribution in [3.63, 3.8) is 0 Å². The number of nitrogens with two attached hydrogens (primary N) is 2. The highest BCUT2D eigenvalue weighted by Gasteiger charge is 2.30. The van der Waals surface area contributed by atoms with Crippen LogP contribution in [0.4, 0.5) is 24.5 Å². The third kappa shape index (κ3) is 6.11. The molecule has 7 nitrogen and oxygen atoms in total. The van der Waals surface area contributed by atoms with Crippen LogP contribution in [0.1, 0.15) is 23.7 Å². The van der Waals surface area contributed by atoms with Crippen LogP contribution in [-0.4, -0.2) is 21.7 Å². The zero-order valence-electron chi connectivity index (χ0n) is 19.0. The molecule has 10 heteroatoms. The van der Waals surface area contributed by atoms with Gasteiger partial charge in [-0.05, 0) is 79.9 Å². The zero-order chi connectivity index (χ0) is 25.6. The van der Waals surface area contributed by atoms with Crippen LogP contribution in [0.5, 0.6) is 0 Å². The molecular formula is C25H23F3N6O. The molecule has 1 aromatic heterocycles. The van der Waals surface area contributed by atoms with Crippen LogP contribution < -0.4 is 16.9 Å². The molecule has 0 amide bonds. The summed E-state index contributed by atoms with van der Waals surface area (Å²) in [6.45, 7) is 3.45. The molecular weight excluding hydrogens is 457 g/mol. The maximum Gasteiger partial charge on any atom is 0.416 e. The van der Waals surface area contributed by atoms with Crippen molar-refractivity contribution in [2.24, 2.45) is 21.5 Å². The fourth-order valence-corrected chi connectivity index (χ4v) is 3.15. The van der Waals surface area contributed by atoms with Crippen LogP contribution in [0, 0.1) is 6.92 Å². The van der Waals surface area contributed by atoms with Crippen LogP contribution >= 0.6 is 0 Å². The Kier molecular flexibility index (Phi) is 7.65. The predicted molar refractivity (Wildman–Crippen MR) is 132 cm³/mol. The van der Waals surface area contributed by atoms with E-state index in [-0.39, 0.29) is 17.1 Å². The average molecular weight is 480 g/mol. The van der Waals surface area contributed by atoms with Gasteiger partial charge in [-0.2, -0.15) is 18.3 Å². The lowest BCUT2D eigenvalue weighted by Crippen LogP contribution is -2.22. The number of rotatable bonds is 6. The summed E-state index contributed by atoms with van der Waals surface area (Å²) in [4.78, 5) is 21.3. The van der Waals surface area contributed by atoms with Crippen molar-refractivity contribution >= 4 is 23.3 Å². The summed E-state index contributed by atoms with van der Waals surface area (Å²) in [7, 11) is 0. The predicted octanol–water partition coefficient (Wildman–Crippen LogP) is 4.72. The lowest BCUT2D eigenvalue weighted by molar-refractivity contribution is -0.137. The highest BCUT2D eigenvalue weighted by Crippen LogP contribution is 2.31. The summed E-state index contributed by atoms with van der Waals surface area (Å²) < 4.78 is 40.9. The molecule has 0 aliphatic heterocycles. The molecule has 0 saturated heterocycles. The van der Waals surface area contributed by atoms with E-state index >= 15 is 0 Å². The first-order valence-corrected chi connectivity index (χ1v) is 10.4. The van der Waals surface area contributed by atoms with Gasteiger partial charge in [0.25, 0.3) is 0 Å². The van der Waals surface area contributed by atoms with Gasteiger partial charge >= 0.3 is 6.18 Å². The summed E-state index contributed by atoms with van der Waals surface area (Å²) in [5.41, 5.74) is 12.2. The van der Waals surface area contributed by atoms with Gasteiger partial charge in [-0.25, -0.2) is 9.67 Å². The largest absolute Gasteiger partial charge is 0.416 e. The lowest BCUT2D eigenvalue weighted by Gasteiger charge is -2.13. The van der Waals surface area contributed by atoms with Crippen LogP contribution in [0.25, 0.3) is 5.69 Å². The number of aromatic nitrogens is 2. The van der Waals surface area contributed by atoms with Crippen molar-refractivity contribution < 1.29 is 13.2 Å². The Balaban J connectivity index is 2.11. The van der Waals surface area contributed by atoms with E-state index in [0.717, 1.165) is 17.7 Å². The van der Waals surface area contributed by atoms with Gasteiger partial charge in [0.1, 0.15) is 0 Å². The van der Waals surface area contributed by atoms with Crippen LogP contribution in [0.2, 0.25) is 0 Å². The molecule has 0 unspecified atom stereocenters. The molecule has 0 fully saturated rings. The number of halogens is 3. The summed E-state index contributed by atoms with van der Waals surface area (Å²) in [5, 5.41) is 4.43. The molecule has 0 spiro atoms. The van der Waals surface area contributed by atoms with Crippen LogP contribution in [-0.2, 0) is 6.18 Å². The molecule has 35 heavy (non-hydrogen) atoms. The van der Waals surface area contributed by atoms with E-state index in [0.29, 0.717) is 16.9 Å². The van der Waals surface area contributed by atoms with E-state index in [2.05, 4.69) is 15.1 Å². The number of nitrogens with zero attached hydrogens (tertiary/aromatic N) is 4. The van der Waals surface area contributed by atoms with Crippen molar-refractivity contribution in [1.82, 2.24) is 9.78 Å². The number of hydrogen-bond donors (Lipinski definition) is 2. The lowest BCUT2D eigenvalue weighted by atomic mass is 10.1. The second-order valence-electron chi connectivity index (χ2n) is 7.47. The molecule has 0 saturated carbocycles.